The zero-order valence-corrected chi connectivity index (χ0v) is 11.9. The van der Waals surface area contributed by atoms with Gasteiger partial charge in [0.1, 0.15) is 17.7 Å². The summed E-state index contributed by atoms with van der Waals surface area (Å²) < 4.78 is 19.1. The molecule has 104 valence electrons. The smallest absolute Gasteiger partial charge is 0.123 e. The molecular weight excluding hydrogens is 265 g/mol. The van der Waals surface area contributed by atoms with Crippen molar-refractivity contribution in [3.8, 4) is 5.75 Å². The molecule has 0 bridgehead atoms. The van der Waals surface area contributed by atoms with Gasteiger partial charge in [-0.25, -0.2) is 4.39 Å². The molecule has 0 N–H and O–H groups in total. The molecule has 3 rings (SSSR count). The Bertz CT molecular complexity index is 467. The van der Waals surface area contributed by atoms with E-state index in [1.165, 1.54) is 12.5 Å². The summed E-state index contributed by atoms with van der Waals surface area (Å²) >= 11 is 6.06. The maximum atomic E-state index is 13.2. The van der Waals surface area contributed by atoms with E-state index in [0.717, 1.165) is 30.8 Å². The van der Waals surface area contributed by atoms with Crippen LogP contribution in [0.1, 0.15) is 18.9 Å². The SMILES string of the molecule is CC1CCN(CC2Cc3cc(F)ccc3O2)C1CCl. The van der Waals surface area contributed by atoms with Crippen molar-refractivity contribution in [2.45, 2.75) is 31.9 Å². The van der Waals surface area contributed by atoms with Gasteiger partial charge in [-0.3, -0.25) is 4.90 Å². The van der Waals surface area contributed by atoms with E-state index in [2.05, 4.69) is 11.8 Å². The predicted octanol–water partition coefficient (Wildman–Crippen LogP) is 3.08. The van der Waals surface area contributed by atoms with Gasteiger partial charge >= 0.3 is 0 Å². The van der Waals surface area contributed by atoms with E-state index in [4.69, 9.17) is 16.3 Å². The number of likely N-dealkylation sites (tertiary alicyclic amines) is 1. The van der Waals surface area contributed by atoms with Crippen LogP contribution in [0.5, 0.6) is 5.75 Å². The van der Waals surface area contributed by atoms with Crippen LogP contribution < -0.4 is 4.74 Å². The number of hydrogen-bond acceptors (Lipinski definition) is 2. The number of hydrogen-bond donors (Lipinski definition) is 0. The molecular formula is C15H19ClFNO. The third-order valence-corrected chi connectivity index (χ3v) is 4.67. The number of alkyl halides is 1. The second kappa shape index (κ2) is 5.29. The molecule has 1 aromatic carbocycles. The number of nitrogens with zero attached hydrogens (tertiary/aromatic N) is 1. The molecule has 4 heteroatoms. The van der Waals surface area contributed by atoms with Crippen molar-refractivity contribution in [1.82, 2.24) is 4.90 Å². The molecule has 2 aliphatic heterocycles. The number of halogens is 2. The van der Waals surface area contributed by atoms with Gasteiger partial charge in [-0.05, 0) is 37.1 Å². The summed E-state index contributed by atoms with van der Waals surface area (Å²) in [5, 5.41) is 0. The van der Waals surface area contributed by atoms with Gasteiger partial charge in [0, 0.05) is 30.5 Å². The Morgan fingerprint density at radius 2 is 2.32 bits per heavy atom. The number of fused-ring (bicyclic) bond motifs is 1. The maximum absolute atomic E-state index is 13.2. The number of rotatable bonds is 3. The average Bonchev–Trinajstić information content (AvgIpc) is 2.92. The van der Waals surface area contributed by atoms with Gasteiger partial charge in [-0.1, -0.05) is 6.92 Å². The van der Waals surface area contributed by atoms with E-state index in [1.54, 1.807) is 12.1 Å². The van der Waals surface area contributed by atoms with E-state index < -0.39 is 0 Å². The van der Waals surface area contributed by atoms with Gasteiger partial charge in [0.25, 0.3) is 0 Å². The molecule has 1 saturated heterocycles. The molecule has 1 fully saturated rings. The third kappa shape index (κ3) is 2.59. The Morgan fingerprint density at radius 1 is 1.47 bits per heavy atom. The first-order valence-electron chi connectivity index (χ1n) is 6.92. The minimum atomic E-state index is -0.184. The first-order valence-corrected chi connectivity index (χ1v) is 7.46. The van der Waals surface area contributed by atoms with Crippen molar-refractivity contribution in [2.75, 3.05) is 19.0 Å². The summed E-state index contributed by atoms with van der Waals surface area (Å²) in [7, 11) is 0. The van der Waals surface area contributed by atoms with Gasteiger partial charge in [0.15, 0.2) is 0 Å². The summed E-state index contributed by atoms with van der Waals surface area (Å²) in [5.41, 5.74) is 0.986. The molecule has 0 amide bonds. The summed E-state index contributed by atoms with van der Waals surface area (Å²) in [4.78, 5) is 2.42. The maximum Gasteiger partial charge on any atom is 0.123 e. The molecule has 19 heavy (non-hydrogen) atoms. The second-order valence-electron chi connectivity index (χ2n) is 5.68. The number of benzene rings is 1. The van der Waals surface area contributed by atoms with E-state index in [-0.39, 0.29) is 11.9 Å². The van der Waals surface area contributed by atoms with Crippen molar-refractivity contribution in [2.24, 2.45) is 5.92 Å². The van der Waals surface area contributed by atoms with Gasteiger partial charge in [-0.2, -0.15) is 0 Å². The van der Waals surface area contributed by atoms with E-state index in [1.807, 2.05) is 0 Å². The summed E-state index contributed by atoms with van der Waals surface area (Å²) in [6.07, 6.45) is 2.13. The Morgan fingerprint density at radius 3 is 3.11 bits per heavy atom. The Hall–Kier alpha value is -0.800. The standard InChI is InChI=1S/C15H19ClFNO/c1-10-4-5-18(14(10)8-16)9-13-7-11-6-12(17)2-3-15(11)19-13/h2-3,6,10,13-14H,4-5,7-9H2,1H3. The first-order chi connectivity index (χ1) is 9.17. The van der Waals surface area contributed by atoms with Crippen molar-refractivity contribution < 1.29 is 9.13 Å². The van der Waals surface area contributed by atoms with Crippen LogP contribution in [0.2, 0.25) is 0 Å². The molecule has 0 aromatic heterocycles. The topological polar surface area (TPSA) is 12.5 Å². The van der Waals surface area contributed by atoms with Crippen LogP contribution >= 0.6 is 11.6 Å². The molecule has 0 aliphatic carbocycles. The number of ether oxygens (including phenoxy) is 1. The van der Waals surface area contributed by atoms with E-state index in [9.17, 15) is 4.39 Å². The van der Waals surface area contributed by atoms with Gasteiger partial charge in [0.2, 0.25) is 0 Å². The van der Waals surface area contributed by atoms with E-state index in [0.29, 0.717) is 17.8 Å². The molecule has 2 nitrogen and oxygen atoms in total. The molecule has 0 saturated carbocycles. The zero-order valence-electron chi connectivity index (χ0n) is 11.1. The lowest BCUT2D eigenvalue weighted by molar-refractivity contribution is 0.141. The molecule has 3 unspecified atom stereocenters. The second-order valence-corrected chi connectivity index (χ2v) is 5.99. The van der Waals surface area contributed by atoms with Crippen LogP contribution in [-0.2, 0) is 6.42 Å². The van der Waals surface area contributed by atoms with Crippen LogP contribution in [0.4, 0.5) is 4.39 Å². The first kappa shape index (κ1) is 13.2. The molecule has 2 heterocycles. The minimum Gasteiger partial charge on any atom is -0.488 e. The van der Waals surface area contributed by atoms with E-state index >= 15 is 0 Å². The Kier molecular flexibility index (Phi) is 3.68. The zero-order chi connectivity index (χ0) is 13.4. The van der Waals surface area contributed by atoms with Crippen LogP contribution in [0.3, 0.4) is 0 Å². The third-order valence-electron chi connectivity index (χ3n) is 4.36. The lowest BCUT2D eigenvalue weighted by Gasteiger charge is -2.27. The van der Waals surface area contributed by atoms with Crippen LogP contribution in [-0.4, -0.2) is 36.0 Å². The highest BCUT2D eigenvalue weighted by atomic mass is 35.5. The van der Waals surface area contributed by atoms with Crippen molar-refractivity contribution in [3.05, 3.63) is 29.6 Å². The van der Waals surface area contributed by atoms with Crippen LogP contribution in [0.15, 0.2) is 18.2 Å². The van der Waals surface area contributed by atoms with Gasteiger partial charge < -0.3 is 4.74 Å². The fraction of sp³-hybridized carbons (Fsp3) is 0.600. The normalized spacial score (nSPS) is 30.4. The van der Waals surface area contributed by atoms with Crippen LogP contribution in [0, 0.1) is 11.7 Å². The lowest BCUT2D eigenvalue weighted by Crippen LogP contribution is -2.40. The summed E-state index contributed by atoms with van der Waals surface area (Å²) in [6, 6.07) is 5.23. The summed E-state index contributed by atoms with van der Waals surface area (Å²) in [6.45, 7) is 4.23. The monoisotopic (exact) mass is 283 g/mol. The van der Waals surface area contributed by atoms with Crippen molar-refractivity contribution >= 4 is 11.6 Å². The molecule has 0 spiro atoms. The molecule has 1 aromatic rings. The molecule has 0 radical (unpaired) electrons. The quantitative estimate of drug-likeness (QED) is 0.791. The minimum absolute atomic E-state index is 0.132. The van der Waals surface area contributed by atoms with Crippen molar-refractivity contribution in [1.29, 1.82) is 0 Å². The highest BCUT2D eigenvalue weighted by Gasteiger charge is 2.34. The highest BCUT2D eigenvalue weighted by molar-refractivity contribution is 6.18. The highest BCUT2D eigenvalue weighted by Crippen LogP contribution is 2.31. The van der Waals surface area contributed by atoms with Crippen molar-refractivity contribution in [3.63, 3.8) is 0 Å². The van der Waals surface area contributed by atoms with Gasteiger partial charge in [0.05, 0.1) is 0 Å². The molecule has 2 aliphatic rings. The molecule has 3 atom stereocenters. The largest absolute Gasteiger partial charge is 0.488 e. The Labute approximate surface area is 118 Å². The average molecular weight is 284 g/mol. The fourth-order valence-corrected chi connectivity index (χ4v) is 3.72. The van der Waals surface area contributed by atoms with Crippen LogP contribution in [0.25, 0.3) is 0 Å². The Balaban J connectivity index is 1.64. The summed E-state index contributed by atoms with van der Waals surface area (Å²) in [5.74, 6) is 1.98. The predicted molar refractivity (Wildman–Crippen MR) is 74.4 cm³/mol. The van der Waals surface area contributed by atoms with Gasteiger partial charge in [-0.15, -0.1) is 11.6 Å². The fourth-order valence-electron chi connectivity index (χ4n) is 3.22. The lowest BCUT2D eigenvalue weighted by atomic mass is 10.0.